The van der Waals surface area contributed by atoms with Crippen LogP contribution in [0.3, 0.4) is 0 Å². The van der Waals surface area contributed by atoms with Crippen molar-refractivity contribution >= 4 is 29.9 Å². The van der Waals surface area contributed by atoms with Crippen molar-refractivity contribution in [2.24, 2.45) is 12.8 Å². The number of rotatable bonds is 6. The molecule has 184 valence electrons. The Bertz CT molecular complexity index is 1400. The zero-order valence-corrected chi connectivity index (χ0v) is 20.1. The molecule has 8 nitrogen and oxygen atoms in total. The van der Waals surface area contributed by atoms with Gasteiger partial charge in [-0.2, -0.15) is 5.10 Å². The van der Waals surface area contributed by atoms with Crippen LogP contribution in [-0.2, 0) is 12.6 Å². The van der Waals surface area contributed by atoms with Crippen molar-refractivity contribution < 1.29 is 22.7 Å². The molecule has 35 heavy (non-hydrogen) atoms. The number of hydrogen-bond donors (Lipinski definition) is 2. The van der Waals surface area contributed by atoms with Crippen LogP contribution in [0, 0.1) is 17.5 Å². The van der Waals surface area contributed by atoms with Gasteiger partial charge < -0.3 is 15.0 Å². The van der Waals surface area contributed by atoms with Crippen molar-refractivity contribution in [1.82, 2.24) is 25.0 Å². The highest BCUT2D eigenvalue weighted by Crippen LogP contribution is 2.35. The second-order valence-electron chi connectivity index (χ2n) is 7.94. The number of aromatic amines is 1. The van der Waals surface area contributed by atoms with Gasteiger partial charge in [0.05, 0.1) is 10.7 Å². The topological polar surface area (TPSA) is 112 Å². The molecule has 0 bridgehead atoms. The first-order valence-electron chi connectivity index (χ1n) is 9.87. The third kappa shape index (κ3) is 4.96. The van der Waals surface area contributed by atoms with Crippen molar-refractivity contribution in [2.45, 2.75) is 19.4 Å². The van der Waals surface area contributed by atoms with Gasteiger partial charge in [0, 0.05) is 30.3 Å². The van der Waals surface area contributed by atoms with E-state index in [2.05, 4.69) is 20.4 Å². The molecule has 1 amide bonds. The second kappa shape index (κ2) is 9.59. The Morgan fingerprint density at radius 3 is 2.34 bits per heavy atom. The summed E-state index contributed by atoms with van der Waals surface area (Å²) in [6.07, 6.45) is 0. The number of nitrogens with two attached hydrogens (primary N) is 1. The minimum Gasteiger partial charge on any atom is -0.474 e. The summed E-state index contributed by atoms with van der Waals surface area (Å²) in [5, 5.41) is 15.2. The van der Waals surface area contributed by atoms with Gasteiger partial charge in [0.15, 0.2) is 34.6 Å². The summed E-state index contributed by atoms with van der Waals surface area (Å²) in [5.41, 5.74) is 5.68. The molecule has 0 saturated heterocycles. The number of H-pyrrole nitrogens is 1. The number of hydrogen-bond acceptors (Lipinski definition) is 5. The van der Waals surface area contributed by atoms with Gasteiger partial charge >= 0.3 is 0 Å². The summed E-state index contributed by atoms with van der Waals surface area (Å²) in [5.74, 6) is -4.17. The van der Waals surface area contributed by atoms with Crippen LogP contribution >= 0.6 is 24.0 Å². The lowest BCUT2D eigenvalue weighted by atomic mass is 10.1. The highest BCUT2D eigenvalue weighted by atomic mass is 35.5. The van der Waals surface area contributed by atoms with E-state index in [0.717, 1.165) is 0 Å². The maximum absolute atomic E-state index is 14.1. The van der Waals surface area contributed by atoms with Crippen molar-refractivity contribution in [3.63, 3.8) is 0 Å². The smallest absolute Gasteiger partial charge is 0.266 e. The number of aromatic nitrogens is 5. The molecule has 3 N–H and O–H groups in total. The van der Waals surface area contributed by atoms with Gasteiger partial charge in [-0.25, -0.2) is 13.2 Å². The molecule has 0 saturated carbocycles. The lowest BCUT2D eigenvalue weighted by Crippen LogP contribution is -2.30. The maximum atomic E-state index is 14.1. The molecule has 4 rings (SSSR count). The molecule has 2 aromatic carbocycles. The predicted molar refractivity (Wildman–Crippen MR) is 125 cm³/mol. The fourth-order valence-corrected chi connectivity index (χ4v) is 3.73. The number of nitrogens with one attached hydrogen (secondary N) is 1. The van der Waals surface area contributed by atoms with E-state index in [1.54, 1.807) is 43.7 Å². The van der Waals surface area contributed by atoms with E-state index in [9.17, 15) is 18.0 Å². The average molecular weight is 527 g/mol. The fourth-order valence-electron chi connectivity index (χ4n) is 3.47. The Labute approximate surface area is 208 Å². The molecule has 0 aliphatic carbocycles. The standard InChI is InChI=1S/C22H18ClF3N6O2.ClH/c1-22(2,34-18-14(25)7-11(24)8-15(18)26)21-31-30-20(32(21)3)12-5-4-10(6-13(12)23)16-9-17(19(27)33)29-28-16;/h4-9H,1-3H3,(H2,27,33)(H,28,29);1H. The number of primary amides is 1. The summed E-state index contributed by atoms with van der Waals surface area (Å²) in [6.45, 7) is 3.09. The number of benzene rings is 2. The largest absolute Gasteiger partial charge is 0.474 e. The molecule has 4 aromatic rings. The number of halogens is 5. The first-order chi connectivity index (χ1) is 16.0. The van der Waals surface area contributed by atoms with Crippen molar-refractivity contribution in [1.29, 1.82) is 0 Å². The first-order valence-corrected chi connectivity index (χ1v) is 10.2. The van der Waals surface area contributed by atoms with E-state index in [0.29, 0.717) is 39.8 Å². The summed E-state index contributed by atoms with van der Waals surface area (Å²) in [7, 11) is 1.64. The molecule has 0 fully saturated rings. The van der Waals surface area contributed by atoms with Crippen LogP contribution in [0.5, 0.6) is 5.75 Å². The van der Waals surface area contributed by atoms with Gasteiger partial charge in [-0.15, -0.1) is 22.6 Å². The Morgan fingerprint density at radius 2 is 1.77 bits per heavy atom. The van der Waals surface area contributed by atoms with Gasteiger partial charge in [-0.1, -0.05) is 17.7 Å². The summed E-state index contributed by atoms with van der Waals surface area (Å²) >= 11 is 6.49. The van der Waals surface area contributed by atoms with Crippen molar-refractivity contribution in [3.05, 3.63) is 70.4 Å². The molecule has 0 aliphatic rings. The van der Waals surface area contributed by atoms with E-state index < -0.39 is 34.7 Å². The van der Waals surface area contributed by atoms with Crippen LogP contribution in [0.2, 0.25) is 5.02 Å². The van der Waals surface area contributed by atoms with Crippen LogP contribution in [-0.4, -0.2) is 30.9 Å². The lowest BCUT2D eigenvalue weighted by Gasteiger charge is -2.26. The van der Waals surface area contributed by atoms with Gasteiger partial charge in [0.1, 0.15) is 11.5 Å². The van der Waals surface area contributed by atoms with Gasteiger partial charge in [-0.05, 0) is 32.0 Å². The molecule has 13 heteroatoms. The molecule has 0 unspecified atom stereocenters. The Morgan fingerprint density at radius 1 is 1.11 bits per heavy atom. The minimum absolute atomic E-state index is 0. The summed E-state index contributed by atoms with van der Waals surface area (Å²) in [6, 6.07) is 7.62. The van der Waals surface area contributed by atoms with Crippen molar-refractivity contribution in [3.8, 4) is 28.4 Å². The van der Waals surface area contributed by atoms with Gasteiger partial charge in [0.2, 0.25) is 0 Å². The first kappa shape index (κ1) is 26.0. The average Bonchev–Trinajstić information content (AvgIpc) is 3.38. The third-order valence-electron chi connectivity index (χ3n) is 5.08. The van der Waals surface area contributed by atoms with Gasteiger partial charge in [-0.3, -0.25) is 9.89 Å². The second-order valence-corrected chi connectivity index (χ2v) is 8.35. The highest BCUT2D eigenvalue weighted by Gasteiger charge is 2.32. The number of ether oxygens (including phenoxy) is 1. The maximum Gasteiger partial charge on any atom is 0.266 e. The summed E-state index contributed by atoms with van der Waals surface area (Å²) in [4.78, 5) is 11.3. The molecular formula is C22H19Cl2F3N6O2. The number of amides is 1. The Kier molecular flexibility index (Phi) is 7.13. The molecule has 2 aromatic heterocycles. The fraction of sp³-hybridized carbons (Fsp3) is 0.182. The predicted octanol–water partition coefficient (Wildman–Crippen LogP) is 4.78. The van der Waals surface area contributed by atoms with E-state index in [-0.39, 0.29) is 23.9 Å². The highest BCUT2D eigenvalue weighted by molar-refractivity contribution is 6.33. The molecule has 0 atom stereocenters. The van der Waals surface area contributed by atoms with Crippen LogP contribution in [0.4, 0.5) is 13.2 Å². The quantitative estimate of drug-likeness (QED) is 0.375. The SMILES string of the molecule is Cl.Cn1c(-c2ccc(-c3cc(C(N)=O)[nH]n3)cc2Cl)nnc1C(C)(C)Oc1c(F)cc(F)cc1F. The van der Waals surface area contributed by atoms with E-state index in [1.807, 2.05) is 0 Å². The zero-order valence-electron chi connectivity index (χ0n) is 18.6. The zero-order chi connectivity index (χ0) is 24.8. The van der Waals surface area contributed by atoms with E-state index >= 15 is 0 Å². The molecule has 0 radical (unpaired) electrons. The molecule has 2 heterocycles. The van der Waals surface area contributed by atoms with Crippen LogP contribution in [0.15, 0.2) is 36.4 Å². The van der Waals surface area contributed by atoms with Crippen LogP contribution in [0.1, 0.15) is 30.2 Å². The molecule has 0 spiro atoms. The van der Waals surface area contributed by atoms with E-state index in [1.165, 1.54) is 6.07 Å². The molecular weight excluding hydrogens is 508 g/mol. The molecule has 0 aliphatic heterocycles. The van der Waals surface area contributed by atoms with Crippen LogP contribution in [0.25, 0.3) is 22.6 Å². The Balaban J connectivity index is 0.00000342. The number of carbonyl (C=O) groups is 1. The normalized spacial score (nSPS) is 11.3. The monoisotopic (exact) mass is 526 g/mol. The van der Waals surface area contributed by atoms with Gasteiger partial charge in [0.25, 0.3) is 5.91 Å². The minimum atomic E-state index is -1.34. The van der Waals surface area contributed by atoms with Crippen LogP contribution < -0.4 is 10.5 Å². The number of carbonyl (C=O) groups excluding carboxylic acids is 1. The summed E-state index contributed by atoms with van der Waals surface area (Å²) < 4.78 is 48.6. The lowest BCUT2D eigenvalue weighted by molar-refractivity contribution is 0.0833. The van der Waals surface area contributed by atoms with Crippen molar-refractivity contribution in [2.75, 3.05) is 0 Å². The number of nitrogens with zero attached hydrogens (tertiary/aromatic N) is 4. The van der Waals surface area contributed by atoms with E-state index in [4.69, 9.17) is 22.1 Å². The third-order valence-corrected chi connectivity index (χ3v) is 5.40. The Hall–Kier alpha value is -3.57.